The smallest absolute Gasteiger partial charge is 0.264 e. The van der Waals surface area contributed by atoms with Crippen molar-refractivity contribution < 1.29 is 43.0 Å². The highest BCUT2D eigenvalue weighted by Crippen LogP contribution is 2.36. The highest BCUT2D eigenvalue weighted by atomic mass is 16.5. The Balaban J connectivity index is 0.000000160. The van der Waals surface area contributed by atoms with Crippen molar-refractivity contribution in [1.82, 2.24) is 0 Å². The first kappa shape index (κ1) is 76.9. The Bertz CT molecular complexity index is 4120. The van der Waals surface area contributed by atoms with E-state index < -0.39 is 0 Å². The number of likely N-dealkylation sites (N-methyl/N-ethyl adjacent to an activating group) is 1. The van der Waals surface area contributed by atoms with Crippen LogP contribution in [0.2, 0.25) is 0 Å². The molecule has 1 aliphatic carbocycles. The minimum atomic E-state index is -0.195. The second kappa shape index (κ2) is 34.6. The molecule has 0 fully saturated rings. The third-order valence-corrected chi connectivity index (χ3v) is 18.6. The van der Waals surface area contributed by atoms with E-state index in [-0.39, 0.29) is 70.3 Å². The number of nitrogens with one attached hydrogen (secondary N) is 6. The van der Waals surface area contributed by atoms with Crippen LogP contribution in [0.15, 0.2) is 170 Å². The number of amides is 6. The van der Waals surface area contributed by atoms with Gasteiger partial charge >= 0.3 is 0 Å². The lowest BCUT2D eigenvalue weighted by molar-refractivity contribution is -0.121. The van der Waals surface area contributed by atoms with Gasteiger partial charge in [-0.1, -0.05) is 186 Å². The van der Waals surface area contributed by atoms with Crippen molar-refractivity contribution in [3.8, 4) is 17.2 Å². The minimum Gasteiger partial charge on any atom is -0.490 e. The summed E-state index contributed by atoms with van der Waals surface area (Å²) in [4.78, 5) is 73.7. The lowest BCUT2D eigenvalue weighted by atomic mass is 9.86. The number of hydrogen-bond donors (Lipinski definition) is 6. The summed E-state index contributed by atoms with van der Waals surface area (Å²) in [7, 11) is 1.70. The molecule has 16 heteroatoms. The molecule has 6 amide bonds. The molecule has 542 valence electrons. The first-order valence-corrected chi connectivity index (χ1v) is 36.2. The van der Waals surface area contributed by atoms with E-state index >= 15 is 0 Å². The fourth-order valence-corrected chi connectivity index (χ4v) is 12.2. The standard InChI is InChI=1S/C23H29NO.C22H26N2O3.C21H24N2O3.C21H26N2O2/c1-23(2,3)20-12-8-17(9-13-20)10-15-22(25)24-21-14-11-18-6-4-5-7-19(18)16-21;1-22(2,3)16-8-5-15(6-9-16)7-12-20(25)23-17-10-11-19-18(13-17)24(4)21(26)14-27-19;1-21(2,3)15-7-4-14(5-8-15)6-11-19(24)22-16-9-10-18-17(12-16)23-20(25)13-26-18;1-21(2,3)16-7-4-15(5-8-16)6-11-20(24)23-17-9-10-19-18(14-17)22-12-13-25-19/h8-9,11-14,16H,4-7,10,15H2,1-3H3,(H,24,25);5-6,8-11,13H,7,12,14H2,1-4H3,(H,23,25);4-5,7-10,12H,6,11,13H2,1-3H3,(H,22,24)(H,23,25);4-5,7-10,14,22H,6,11-13H2,1-3H3,(H,23,24). The van der Waals surface area contributed by atoms with E-state index in [9.17, 15) is 28.8 Å². The van der Waals surface area contributed by atoms with Gasteiger partial charge in [0.25, 0.3) is 11.8 Å². The lowest BCUT2D eigenvalue weighted by Crippen LogP contribution is -2.35. The topological polar surface area (TPSA) is 206 Å². The Labute approximate surface area is 609 Å². The lowest BCUT2D eigenvalue weighted by Gasteiger charge is -2.26. The normalized spacial score (nSPS) is 13.7. The van der Waals surface area contributed by atoms with Crippen LogP contribution >= 0.6 is 0 Å². The molecule has 0 aromatic heterocycles. The van der Waals surface area contributed by atoms with Crippen molar-refractivity contribution in [2.75, 3.05) is 70.2 Å². The summed E-state index contributed by atoms with van der Waals surface area (Å²) in [6, 6.07) is 56.7. The first-order chi connectivity index (χ1) is 48.9. The molecule has 4 aliphatic rings. The van der Waals surface area contributed by atoms with Gasteiger partial charge in [-0.2, -0.15) is 0 Å². The van der Waals surface area contributed by atoms with Gasteiger partial charge in [0.1, 0.15) is 23.9 Å². The number of ether oxygens (including phenoxy) is 3. The van der Waals surface area contributed by atoms with Crippen LogP contribution in [0.5, 0.6) is 17.2 Å². The van der Waals surface area contributed by atoms with E-state index in [1.165, 1.54) is 63.8 Å². The van der Waals surface area contributed by atoms with Crippen molar-refractivity contribution >= 4 is 75.3 Å². The molecule has 16 nitrogen and oxygen atoms in total. The molecule has 103 heavy (non-hydrogen) atoms. The number of anilines is 7. The summed E-state index contributed by atoms with van der Waals surface area (Å²) in [5, 5.41) is 17.8. The molecular formula is C87H105N7O9. The number of rotatable bonds is 16. The van der Waals surface area contributed by atoms with Gasteiger partial charge in [-0.15, -0.1) is 0 Å². The quantitative estimate of drug-likeness (QED) is 0.0540. The number of aryl methyl sites for hydroxylation is 6. The van der Waals surface area contributed by atoms with Crippen LogP contribution in [0.25, 0.3) is 0 Å². The zero-order valence-electron chi connectivity index (χ0n) is 62.6. The third kappa shape index (κ3) is 23.4. The summed E-state index contributed by atoms with van der Waals surface area (Å²) in [5.74, 6) is 1.80. The van der Waals surface area contributed by atoms with Crippen LogP contribution in [0.3, 0.4) is 0 Å². The molecule has 12 rings (SSSR count). The molecule has 0 spiro atoms. The summed E-state index contributed by atoms with van der Waals surface area (Å²) >= 11 is 0. The first-order valence-electron chi connectivity index (χ1n) is 36.2. The van der Waals surface area contributed by atoms with Gasteiger partial charge in [0.05, 0.1) is 17.1 Å². The van der Waals surface area contributed by atoms with Crippen molar-refractivity contribution in [1.29, 1.82) is 0 Å². The number of hydrogen-bond acceptors (Lipinski definition) is 10. The summed E-state index contributed by atoms with van der Waals surface area (Å²) < 4.78 is 16.3. The largest absolute Gasteiger partial charge is 0.490 e. The number of nitrogens with zero attached hydrogens (tertiary/aromatic N) is 1. The van der Waals surface area contributed by atoms with Gasteiger partial charge in [-0.25, -0.2) is 0 Å². The van der Waals surface area contributed by atoms with Gasteiger partial charge in [0.2, 0.25) is 23.6 Å². The zero-order chi connectivity index (χ0) is 74.1. The number of fused-ring (bicyclic) bond motifs is 4. The van der Waals surface area contributed by atoms with Crippen LogP contribution in [-0.2, 0) is 89.0 Å². The average molecular weight is 1390 g/mol. The second-order valence-electron chi connectivity index (χ2n) is 31.1. The van der Waals surface area contributed by atoms with Crippen molar-refractivity contribution in [3.05, 3.63) is 225 Å². The van der Waals surface area contributed by atoms with Crippen LogP contribution < -0.4 is 51.0 Å². The van der Waals surface area contributed by atoms with Gasteiger partial charge in [-0.05, 0) is 195 Å². The number of carbonyl (C=O) groups is 6. The molecule has 6 N–H and O–H groups in total. The summed E-state index contributed by atoms with van der Waals surface area (Å²) in [5.41, 5.74) is 18.5. The van der Waals surface area contributed by atoms with Gasteiger partial charge in [-0.3, -0.25) is 28.8 Å². The molecule has 0 unspecified atom stereocenters. The molecule has 3 heterocycles. The third-order valence-electron chi connectivity index (χ3n) is 18.6. The van der Waals surface area contributed by atoms with E-state index in [0.29, 0.717) is 79.4 Å². The Morgan fingerprint density at radius 1 is 0.398 bits per heavy atom. The van der Waals surface area contributed by atoms with Crippen molar-refractivity contribution in [2.45, 2.75) is 182 Å². The summed E-state index contributed by atoms with van der Waals surface area (Å²) in [6.07, 6.45) is 9.52. The SMILES string of the molecule is CC(C)(C)c1ccc(CCC(=O)Nc2ccc3c(c2)CCCC3)cc1.CC(C)(C)c1ccc(CCC(=O)Nc2ccc3c(c2)NC(=O)CO3)cc1.CC(C)(C)c1ccc(CCC(=O)Nc2ccc3c(c2)NCCO3)cc1.CN1C(=O)COc2ccc(NC(=O)CCc3ccc(C(C)(C)C)cc3)cc21. The van der Waals surface area contributed by atoms with Crippen LogP contribution in [0, 0.1) is 0 Å². The summed E-state index contributed by atoms with van der Waals surface area (Å²) in [6.45, 7) is 27.9. The van der Waals surface area contributed by atoms with Gasteiger partial charge < -0.3 is 51.0 Å². The molecule has 8 aromatic rings. The monoisotopic (exact) mass is 1390 g/mol. The molecule has 0 atom stereocenters. The van der Waals surface area contributed by atoms with Crippen molar-refractivity contribution in [3.63, 3.8) is 0 Å². The van der Waals surface area contributed by atoms with E-state index in [2.05, 4.69) is 224 Å². The maximum Gasteiger partial charge on any atom is 0.264 e. The Morgan fingerprint density at radius 3 is 1.17 bits per heavy atom. The van der Waals surface area contributed by atoms with Gasteiger partial charge in [0, 0.05) is 62.0 Å². The molecule has 8 aromatic carbocycles. The van der Waals surface area contributed by atoms with E-state index in [0.717, 1.165) is 59.7 Å². The number of benzene rings is 8. The number of carbonyl (C=O) groups excluding carboxylic acids is 6. The van der Waals surface area contributed by atoms with E-state index in [4.69, 9.17) is 14.2 Å². The molecule has 0 saturated carbocycles. The molecule has 0 saturated heterocycles. The Morgan fingerprint density at radius 2 is 0.748 bits per heavy atom. The van der Waals surface area contributed by atoms with Gasteiger partial charge in [0.15, 0.2) is 13.2 Å². The zero-order valence-corrected chi connectivity index (χ0v) is 62.6. The second-order valence-corrected chi connectivity index (χ2v) is 31.1. The maximum absolute atomic E-state index is 12.3. The Kier molecular flexibility index (Phi) is 25.9. The highest BCUT2D eigenvalue weighted by Gasteiger charge is 2.24. The van der Waals surface area contributed by atoms with E-state index in [1.54, 1.807) is 48.3 Å². The molecular weight excluding hydrogens is 1290 g/mol. The minimum absolute atomic E-state index is 0.0205. The predicted octanol–water partition coefficient (Wildman–Crippen LogP) is 17.6. The fourth-order valence-electron chi connectivity index (χ4n) is 12.2. The Hall–Kier alpha value is -10.2. The maximum atomic E-state index is 12.3. The molecule has 0 bridgehead atoms. The van der Waals surface area contributed by atoms with Crippen LogP contribution in [0.1, 0.15) is 177 Å². The van der Waals surface area contributed by atoms with E-state index in [1.807, 2.05) is 24.3 Å². The van der Waals surface area contributed by atoms with Crippen LogP contribution in [0.4, 0.5) is 39.8 Å². The van der Waals surface area contributed by atoms with Crippen LogP contribution in [-0.4, -0.2) is 68.9 Å². The fraction of sp³-hybridized carbons (Fsp3) is 0.379. The molecule has 3 aliphatic heterocycles. The highest BCUT2D eigenvalue weighted by molar-refractivity contribution is 6.00. The van der Waals surface area contributed by atoms with Crippen molar-refractivity contribution in [2.24, 2.45) is 0 Å². The molecule has 0 radical (unpaired) electrons. The predicted molar refractivity (Wildman–Crippen MR) is 418 cm³/mol. The average Bonchev–Trinajstić information content (AvgIpc) is 0.810.